The molecule has 0 bridgehead atoms. The van der Waals surface area contributed by atoms with Gasteiger partial charge in [-0.3, -0.25) is 0 Å². The Hall–Kier alpha value is -2.06. The second-order valence-corrected chi connectivity index (χ2v) is 9.51. The van der Waals surface area contributed by atoms with Gasteiger partial charge in [0.1, 0.15) is 17.5 Å². The molecule has 0 amide bonds. The molecule has 0 radical (unpaired) electrons. The standard InChI is InChI=1S/C23H30N4S/c1-15-8-6-7-9-19(15)25-21-18(14-24)20(26-22(27-21)28-5)16-10-12-17(13-11-16)23(2,3)4/h10-13,15,19H,6-9H2,1-5H3,(H,25,26,27)/t15-,19-/m0/s1. The quantitative estimate of drug-likeness (QED) is 0.507. The molecule has 1 fully saturated rings. The first kappa shape index (κ1) is 20.7. The zero-order chi connectivity index (χ0) is 20.3. The molecule has 1 aliphatic carbocycles. The zero-order valence-electron chi connectivity index (χ0n) is 17.5. The molecule has 148 valence electrons. The van der Waals surface area contributed by atoms with Crippen molar-refractivity contribution in [1.82, 2.24) is 9.97 Å². The molecule has 0 spiro atoms. The second-order valence-electron chi connectivity index (χ2n) is 8.73. The van der Waals surface area contributed by atoms with E-state index in [9.17, 15) is 5.26 Å². The number of benzene rings is 1. The van der Waals surface area contributed by atoms with E-state index in [2.05, 4.69) is 73.3 Å². The Morgan fingerprint density at radius 2 is 1.79 bits per heavy atom. The molecule has 2 atom stereocenters. The van der Waals surface area contributed by atoms with E-state index >= 15 is 0 Å². The van der Waals surface area contributed by atoms with Crippen LogP contribution in [0.3, 0.4) is 0 Å². The Labute approximate surface area is 173 Å². The predicted octanol–water partition coefficient (Wildman–Crippen LogP) is 6.03. The van der Waals surface area contributed by atoms with Gasteiger partial charge in [-0.15, -0.1) is 0 Å². The van der Waals surface area contributed by atoms with Gasteiger partial charge in [-0.2, -0.15) is 5.26 Å². The van der Waals surface area contributed by atoms with Gasteiger partial charge in [-0.25, -0.2) is 9.97 Å². The van der Waals surface area contributed by atoms with Crippen LogP contribution in [0.1, 0.15) is 64.5 Å². The van der Waals surface area contributed by atoms with E-state index in [1.807, 2.05) is 6.26 Å². The maximum atomic E-state index is 9.93. The number of hydrogen-bond donors (Lipinski definition) is 1. The van der Waals surface area contributed by atoms with Gasteiger partial charge in [0.05, 0.1) is 5.69 Å². The number of nitriles is 1. The molecule has 1 heterocycles. The SMILES string of the molecule is CSc1nc(N[C@H]2CCCC[C@@H]2C)c(C#N)c(-c2ccc(C(C)(C)C)cc2)n1. The molecule has 3 rings (SSSR count). The highest BCUT2D eigenvalue weighted by atomic mass is 32.2. The normalized spacial score (nSPS) is 19.9. The summed E-state index contributed by atoms with van der Waals surface area (Å²) >= 11 is 1.51. The van der Waals surface area contributed by atoms with Crippen molar-refractivity contribution in [2.45, 2.75) is 70.0 Å². The third-order valence-corrected chi connectivity index (χ3v) is 6.19. The molecule has 1 aromatic carbocycles. The van der Waals surface area contributed by atoms with Gasteiger partial charge in [-0.1, -0.05) is 76.6 Å². The van der Waals surface area contributed by atoms with Gasteiger partial charge in [0, 0.05) is 11.6 Å². The third kappa shape index (κ3) is 4.50. The van der Waals surface area contributed by atoms with E-state index in [1.165, 1.54) is 36.6 Å². The van der Waals surface area contributed by atoms with E-state index in [1.54, 1.807) is 0 Å². The van der Waals surface area contributed by atoms with Crippen molar-refractivity contribution in [1.29, 1.82) is 5.26 Å². The zero-order valence-corrected chi connectivity index (χ0v) is 18.4. The molecule has 0 aliphatic heterocycles. The number of nitrogens with one attached hydrogen (secondary N) is 1. The van der Waals surface area contributed by atoms with Crippen LogP contribution in [0.15, 0.2) is 29.4 Å². The Morgan fingerprint density at radius 3 is 2.36 bits per heavy atom. The molecule has 5 heteroatoms. The third-order valence-electron chi connectivity index (χ3n) is 5.64. The lowest BCUT2D eigenvalue weighted by Gasteiger charge is -2.30. The van der Waals surface area contributed by atoms with Crippen molar-refractivity contribution >= 4 is 17.6 Å². The fraction of sp³-hybridized carbons (Fsp3) is 0.522. The Morgan fingerprint density at radius 1 is 1.11 bits per heavy atom. The first-order chi connectivity index (χ1) is 13.3. The van der Waals surface area contributed by atoms with E-state index in [4.69, 9.17) is 0 Å². The van der Waals surface area contributed by atoms with E-state index in [0.29, 0.717) is 34.2 Å². The lowest BCUT2D eigenvalue weighted by Crippen LogP contribution is -2.31. The van der Waals surface area contributed by atoms with Gasteiger partial charge in [0.15, 0.2) is 5.16 Å². The van der Waals surface area contributed by atoms with Crippen LogP contribution in [-0.2, 0) is 5.41 Å². The summed E-state index contributed by atoms with van der Waals surface area (Å²) in [5.74, 6) is 1.26. The first-order valence-electron chi connectivity index (χ1n) is 10.1. The number of rotatable bonds is 4. The van der Waals surface area contributed by atoms with Gasteiger partial charge < -0.3 is 5.32 Å². The number of aromatic nitrogens is 2. The van der Waals surface area contributed by atoms with Gasteiger partial charge >= 0.3 is 0 Å². The lowest BCUT2D eigenvalue weighted by molar-refractivity contribution is 0.349. The molecule has 1 saturated carbocycles. The average molecular weight is 395 g/mol. The molecule has 2 aromatic rings. The van der Waals surface area contributed by atoms with E-state index < -0.39 is 0 Å². The molecular formula is C23H30N4S. The molecule has 0 unspecified atom stereocenters. The van der Waals surface area contributed by atoms with Gasteiger partial charge in [-0.05, 0) is 36.0 Å². The van der Waals surface area contributed by atoms with Crippen LogP contribution in [0.2, 0.25) is 0 Å². The summed E-state index contributed by atoms with van der Waals surface area (Å²) in [7, 11) is 0. The molecular weight excluding hydrogens is 364 g/mol. The van der Waals surface area contributed by atoms with Crippen LogP contribution in [0, 0.1) is 17.2 Å². The van der Waals surface area contributed by atoms with Gasteiger partial charge in [0.25, 0.3) is 0 Å². The van der Waals surface area contributed by atoms with Crippen LogP contribution in [0.5, 0.6) is 0 Å². The molecule has 28 heavy (non-hydrogen) atoms. The highest BCUT2D eigenvalue weighted by molar-refractivity contribution is 7.98. The van der Waals surface area contributed by atoms with E-state index in [0.717, 1.165) is 12.0 Å². The maximum absolute atomic E-state index is 9.93. The average Bonchev–Trinajstić information content (AvgIpc) is 2.68. The second kappa shape index (κ2) is 8.53. The number of anilines is 1. The summed E-state index contributed by atoms with van der Waals surface area (Å²) in [4.78, 5) is 9.34. The van der Waals surface area contributed by atoms with Crippen LogP contribution in [0.4, 0.5) is 5.82 Å². The maximum Gasteiger partial charge on any atom is 0.189 e. The van der Waals surface area contributed by atoms with Crippen molar-refractivity contribution < 1.29 is 0 Å². The summed E-state index contributed by atoms with van der Waals surface area (Å²) in [5.41, 5.74) is 3.58. The van der Waals surface area contributed by atoms with Crippen LogP contribution < -0.4 is 5.32 Å². The minimum absolute atomic E-state index is 0.0938. The molecule has 1 aliphatic rings. The van der Waals surface area contributed by atoms with Crippen LogP contribution in [-0.4, -0.2) is 22.3 Å². The Bertz CT molecular complexity index is 862. The molecule has 0 saturated heterocycles. The number of nitrogens with zero attached hydrogens (tertiary/aromatic N) is 3. The summed E-state index contributed by atoms with van der Waals surface area (Å²) in [6, 6.07) is 11.1. The van der Waals surface area contributed by atoms with E-state index in [-0.39, 0.29) is 5.41 Å². The van der Waals surface area contributed by atoms with Crippen molar-refractivity contribution in [2.24, 2.45) is 5.92 Å². The lowest BCUT2D eigenvalue weighted by atomic mass is 9.85. The fourth-order valence-electron chi connectivity index (χ4n) is 3.79. The van der Waals surface area contributed by atoms with Crippen molar-refractivity contribution in [2.75, 3.05) is 11.6 Å². The van der Waals surface area contributed by atoms with Crippen LogP contribution in [0.25, 0.3) is 11.3 Å². The first-order valence-corrected chi connectivity index (χ1v) is 11.3. The van der Waals surface area contributed by atoms with Crippen molar-refractivity contribution in [3.8, 4) is 17.3 Å². The monoisotopic (exact) mass is 394 g/mol. The van der Waals surface area contributed by atoms with Gasteiger partial charge in [0.2, 0.25) is 0 Å². The largest absolute Gasteiger partial charge is 0.366 e. The number of hydrogen-bond acceptors (Lipinski definition) is 5. The highest BCUT2D eigenvalue weighted by Crippen LogP contribution is 2.33. The fourth-order valence-corrected chi connectivity index (χ4v) is 4.15. The summed E-state index contributed by atoms with van der Waals surface area (Å²) < 4.78 is 0. The van der Waals surface area contributed by atoms with Crippen molar-refractivity contribution in [3.05, 3.63) is 35.4 Å². The summed E-state index contributed by atoms with van der Waals surface area (Å²) in [6.07, 6.45) is 6.84. The summed E-state index contributed by atoms with van der Waals surface area (Å²) in [5, 5.41) is 14.2. The molecule has 4 nitrogen and oxygen atoms in total. The minimum Gasteiger partial charge on any atom is -0.366 e. The Kier molecular flexibility index (Phi) is 6.30. The molecule has 1 aromatic heterocycles. The summed E-state index contributed by atoms with van der Waals surface area (Å²) in [6.45, 7) is 8.89. The number of thioether (sulfide) groups is 1. The van der Waals surface area contributed by atoms with Crippen molar-refractivity contribution in [3.63, 3.8) is 0 Å². The van der Waals surface area contributed by atoms with Crippen LogP contribution >= 0.6 is 11.8 Å². The topological polar surface area (TPSA) is 61.6 Å². The predicted molar refractivity (Wildman–Crippen MR) is 118 cm³/mol. The smallest absolute Gasteiger partial charge is 0.189 e. The highest BCUT2D eigenvalue weighted by Gasteiger charge is 2.24. The Balaban J connectivity index is 2.02. The minimum atomic E-state index is 0.0938. The molecule has 1 N–H and O–H groups in total.